The Morgan fingerprint density at radius 1 is 1.12 bits per heavy atom. The Bertz CT molecular complexity index is 1300. The first-order chi connectivity index (χ1) is 15.7. The number of carbonyl (C=O) groups excluding carboxylic acids is 1. The van der Waals surface area contributed by atoms with Crippen molar-refractivity contribution in [2.24, 2.45) is 0 Å². The number of rotatable bonds is 5. The molecule has 1 unspecified atom stereocenters. The molecule has 5 rings (SSSR count). The summed E-state index contributed by atoms with van der Waals surface area (Å²) in [5.74, 6) is 0.524. The van der Waals surface area contributed by atoms with Crippen LogP contribution in [-0.2, 0) is 6.54 Å². The minimum Gasteiger partial charge on any atom is -0.484 e. The predicted molar refractivity (Wildman–Crippen MR) is 124 cm³/mol. The van der Waals surface area contributed by atoms with E-state index in [1.54, 1.807) is 35.6 Å². The number of nitrogens with one attached hydrogen (secondary N) is 1. The second kappa shape index (κ2) is 8.98. The molecule has 0 spiro atoms. The van der Waals surface area contributed by atoms with E-state index in [1.165, 1.54) is 6.07 Å². The summed E-state index contributed by atoms with van der Waals surface area (Å²) in [6.07, 6.45) is -0.0703. The minimum atomic E-state index is -0.395. The average molecular weight is 447 g/mol. The molecule has 1 aliphatic rings. The van der Waals surface area contributed by atoms with Crippen molar-refractivity contribution >= 4 is 28.2 Å². The van der Waals surface area contributed by atoms with Gasteiger partial charge in [0, 0.05) is 43.4 Å². The molecule has 3 heterocycles. The summed E-state index contributed by atoms with van der Waals surface area (Å²) in [4.78, 5) is 27.2. The van der Waals surface area contributed by atoms with Gasteiger partial charge in [0.2, 0.25) is 0 Å². The number of benzene rings is 2. The summed E-state index contributed by atoms with van der Waals surface area (Å²) in [5, 5.41) is 7.51. The van der Waals surface area contributed by atoms with Crippen LogP contribution < -0.4 is 15.5 Å². The maximum atomic E-state index is 12.6. The van der Waals surface area contributed by atoms with Gasteiger partial charge >= 0.3 is 0 Å². The molecule has 1 aliphatic heterocycles. The van der Waals surface area contributed by atoms with Gasteiger partial charge in [-0.15, -0.1) is 0 Å². The molecule has 6 nitrogen and oxygen atoms in total. The molecule has 0 aliphatic carbocycles. The molecule has 0 fully saturated rings. The van der Waals surface area contributed by atoms with Crippen LogP contribution in [-0.4, -0.2) is 30.4 Å². The number of hydrogen-bond acceptors (Lipinski definition) is 6. The third-order valence-corrected chi connectivity index (χ3v) is 6.25. The average Bonchev–Trinajstić information content (AvgIpc) is 3.28. The fourth-order valence-corrected chi connectivity index (χ4v) is 4.61. The number of amides is 1. The molecule has 0 bridgehead atoms. The second-order valence-electron chi connectivity index (χ2n) is 7.73. The van der Waals surface area contributed by atoms with E-state index in [2.05, 4.69) is 33.1 Å². The van der Waals surface area contributed by atoms with E-state index in [9.17, 15) is 9.59 Å². The van der Waals surface area contributed by atoms with Gasteiger partial charge in [-0.05, 0) is 35.0 Å². The molecule has 1 atom stereocenters. The molecule has 0 radical (unpaired) electrons. The number of carbonyl (C=O) groups is 1. The van der Waals surface area contributed by atoms with Gasteiger partial charge in [0.1, 0.15) is 17.4 Å². The zero-order chi connectivity index (χ0) is 21.9. The topological polar surface area (TPSA) is 71.8 Å². The van der Waals surface area contributed by atoms with Crippen LogP contribution in [0.5, 0.6) is 5.75 Å². The van der Waals surface area contributed by atoms with E-state index < -0.39 is 5.91 Å². The summed E-state index contributed by atoms with van der Waals surface area (Å²) >= 11 is 1.65. The van der Waals surface area contributed by atoms with Crippen molar-refractivity contribution in [3.8, 4) is 5.75 Å². The van der Waals surface area contributed by atoms with Crippen LogP contribution >= 0.6 is 11.3 Å². The molecule has 1 amide bonds. The van der Waals surface area contributed by atoms with Gasteiger partial charge in [0.05, 0.1) is 5.39 Å². The number of para-hydroxylation sites is 2. The first-order valence-electron chi connectivity index (χ1n) is 10.5. The Morgan fingerprint density at radius 3 is 2.84 bits per heavy atom. The van der Waals surface area contributed by atoms with Crippen LogP contribution in [0.4, 0.5) is 0 Å². The largest absolute Gasteiger partial charge is 0.484 e. The number of ether oxygens (including phenoxy) is 1. The van der Waals surface area contributed by atoms with Gasteiger partial charge in [-0.3, -0.25) is 14.5 Å². The summed E-state index contributed by atoms with van der Waals surface area (Å²) in [6, 6.07) is 18.3. The monoisotopic (exact) mass is 446 g/mol. The van der Waals surface area contributed by atoms with Crippen LogP contribution in [0.2, 0.25) is 0 Å². The van der Waals surface area contributed by atoms with Crippen molar-refractivity contribution in [1.82, 2.24) is 10.2 Å². The smallest absolute Gasteiger partial charge is 0.287 e. The van der Waals surface area contributed by atoms with Gasteiger partial charge in [0.15, 0.2) is 11.2 Å². The normalized spacial score (nSPS) is 16.2. The standard InChI is InChI=1S/C25H22N2O4S/c28-20-13-23(31-22-8-4-2-6-19(20)22)25(29)26-10-11-27-14-17-5-1-3-7-21(17)30-24(15-27)18-9-12-32-16-18/h1-9,12-13,16,24H,10-11,14-15H2,(H,26,29). The van der Waals surface area contributed by atoms with Crippen LogP contribution in [0, 0.1) is 0 Å². The molecule has 0 saturated heterocycles. The number of thiophene rings is 1. The lowest BCUT2D eigenvalue weighted by molar-refractivity contribution is 0.0916. The molecule has 2 aromatic carbocycles. The first-order valence-corrected chi connectivity index (χ1v) is 11.4. The Labute approximate surface area is 189 Å². The van der Waals surface area contributed by atoms with E-state index in [4.69, 9.17) is 9.15 Å². The Morgan fingerprint density at radius 2 is 1.97 bits per heavy atom. The van der Waals surface area contributed by atoms with Crippen LogP contribution in [0.3, 0.4) is 0 Å². The number of fused-ring (bicyclic) bond motifs is 2. The van der Waals surface area contributed by atoms with Crippen LogP contribution in [0.15, 0.2) is 80.6 Å². The molecular weight excluding hydrogens is 424 g/mol. The van der Waals surface area contributed by atoms with Gasteiger partial charge in [0.25, 0.3) is 5.91 Å². The van der Waals surface area contributed by atoms with Crippen molar-refractivity contribution in [2.75, 3.05) is 19.6 Å². The van der Waals surface area contributed by atoms with Crippen LogP contribution in [0.1, 0.15) is 27.8 Å². The maximum Gasteiger partial charge on any atom is 0.287 e. The molecule has 4 aromatic rings. The molecule has 32 heavy (non-hydrogen) atoms. The van der Waals surface area contributed by atoms with E-state index in [0.29, 0.717) is 30.6 Å². The summed E-state index contributed by atoms with van der Waals surface area (Å²) < 4.78 is 11.9. The predicted octanol–water partition coefficient (Wildman–Crippen LogP) is 4.22. The quantitative estimate of drug-likeness (QED) is 0.497. The van der Waals surface area contributed by atoms with Crippen molar-refractivity contribution in [3.63, 3.8) is 0 Å². The molecule has 0 saturated carbocycles. The Kier molecular flexibility index (Phi) is 5.75. The molecule has 2 aromatic heterocycles. The van der Waals surface area contributed by atoms with Crippen molar-refractivity contribution in [3.05, 3.63) is 98.5 Å². The number of hydrogen-bond donors (Lipinski definition) is 1. The number of nitrogens with zero attached hydrogens (tertiary/aromatic N) is 1. The van der Waals surface area contributed by atoms with Gasteiger partial charge in [-0.2, -0.15) is 11.3 Å². The third-order valence-electron chi connectivity index (χ3n) is 5.55. The summed E-state index contributed by atoms with van der Waals surface area (Å²) in [5.41, 5.74) is 2.46. The molecular formula is C25H22N2O4S. The highest BCUT2D eigenvalue weighted by atomic mass is 32.1. The zero-order valence-electron chi connectivity index (χ0n) is 17.3. The highest BCUT2D eigenvalue weighted by Gasteiger charge is 2.24. The lowest BCUT2D eigenvalue weighted by atomic mass is 10.2. The first kappa shape index (κ1) is 20.5. The lowest BCUT2D eigenvalue weighted by Crippen LogP contribution is -2.36. The van der Waals surface area contributed by atoms with E-state index in [0.717, 1.165) is 23.4 Å². The fourth-order valence-electron chi connectivity index (χ4n) is 3.91. The Balaban J connectivity index is 1.28. The van der Waals surface area contributed by atoms with E-state index >= 15 is 0 Å². The van der Waals surface area contributed by atoms with Gasteiger partial charge in [-0.25, -0.2) is 0 Å². The second-order valence-corrected chi connectivity index (χ2v) is 8.51. The molecule has 7 heteroatoms. The minimum absolute atomic E-state index is 0.0226. The van der Waals surface area contributed by atoms with Gasteiger partial charge in [-0.1, -0.05) is 30.3 Å². The summed E-state index contributed by atoms with van der Waals surface area (Å²) in [6.45, 7) is 2.51. The lowest BCUT2D eigenvalue weighted by Gasteiger charge is -2.23. The highest BCUT2D eigenvalue weighted by Crippen LogP contribution is 2.31. The SMILES string of the molecule is O=C(NCCN1Cc2ccccc2OC(c2ccsc2)C1)c1cc(=O)c2ccccc2o1. The van der Waals surface area contributed by atoms with Crippen LogP contribution in [0.25, 0.3) is 11.0 Å². The summed E-state index contributed by atoms with van der Waals surface area (Å²) in [7, 11) is 0. The van der Waals surface area contributed by atoms with Crippen molar-refractivity contribution in [2.45, 2.75) is 12.6 Å². The zero-order valence-corrected chi connectivity index (χ0v) is 18.1. The van der Waals surface area contributed by atoms with Gasteiger partial charge < -0.3 is 14.5 Å². The van der Waals surface area contributed by atoms with E-state index in [1.807, 2.05) is 18.2 Å². The molecule has 162 valence electrons. The van der Waals surface area contributed by atoms with Crippen molar-refractivity contribution < 1.29 is 13.9 Å². The highest BCUT2D eigenvalue weighted by molar-refractivity contribution is 7.07. The molecule has 1 N–H and O–H groups in total. The fraction of sp³-hybridized carbons (Fsp3) is 0.200. The van der Waals surface area contributed by atoms with E-state index in [-0.39, 0.29) is 17.3 Å². The third kappa shape index (κ3) is 4.30. The Hall–Kier alpha value is -3.42. The van der Waals surface area contributed by atoms with Crippen molar-refractivity contribution in [1.29, 1.82) is 0 Å². The maximum absolute atomic E-state index is 12.6.